The molecule has 0 spiro atoms. The van der Waals surface area contributed by atoms with Crippen LogP contribution in [-0.4, -0.2) is 0 Å². The summed E-state index contributed by atoms with van der Waals surface area (Å²) in [6.07, 6.45) is 4.54. The minimum atomic E-state index is 0.356. The van der Waals surface area contributed by atoms with E-state index >= 15 is 0 Å². The van der Waals surface area contributed by atoms with Crippen molar-refractivity contribution in [2.45, 2.75) is 40.5 Å². The quantitative estimate of drug-likeness (QED) is 0.523. The number of hydrogen-bond donors (Lipinski definition) is 0. The Labute approximate surface area is 65.3 Å². The maximum absolute atomic E-state index is 3.87. The SMILES string of the molecule is C=CC(C)(CC)C(C)CC. The van der Waals surface area contributed by atoms with Crippen LogP contribution in [0.15, 0.2) is 12.7 Å². The van der Waals surface area contributed by atoms with Crippen LogP contribution in [0, 0.1) is 11.3 Å². The Morgan fingerprint density at radius 1 is 1.50 bits per heavy atom. The number of rotatable bonds is 4. The third kappa shape index (κ3) is 1.86. The van der Waals surface area contributed by atoms with Crippen molar-refractivity contribution < 1.29 is 0 Å². The zero-order valence-corrected chi connectivity index (χ0v) is 7.78. The monoisotopic (exact) mass is 140 g/mol. The summed E-state index contributed by atoms with van der Waals surface area (Å²) in [6, 6.07) is 0. The van der Waals surface area contributed by atoms with Crippen molar-refractivity contribution in [2.75, 3.05) is 0 Å². The fourth-order valence-corrected chi connectivity index (χ4v) is 1.16. The van der Waals surface area contributed by atoms with Crippen LogP contribution in [-0.2, 0) is 0 Å². The van der Waals surface area contributed by atoms with E-state index in [4.69, 9.17) is 0 Å². The molecule has 0 heteroatoms. The fraction of sp³-hybridized carbons (Fsp3) is 0.800. The van der Waals surface area contributed by atoms with Gasteiger partial charge in [-0.2, -0.15) is 0 Å². The zero-order valence-electron chi connectivity index (χ0n) is 7.78. The van der Waals surface area contributed by atoms with Crippen LogP contribution in [0.3, 0.4) is 0 Å². The summed E-state index contributed by atoms with van der Waals surface area (Å²) in [5, 5.41) is 0. The molecular weight excluding hydrogens is 120 g/mol. The highest BCUT2D eigenvalue weighted by Gasteiger charge is 2.23. The maximum atomic E-state index is 3.87. The Bertz CT molecular complexity index is 105. The van der Waals surface area contributed by atoms with Crippen LogP contribution in [0.4, 0.5) is 0 Å². The van der Waals surface area contributed by atoms with E-state index in [1.807, 2.05) is 0 Å². The first kappa shape index (κ1) is 9.74. The Morgan fingerprint density at radius 3 is 2.10 bits per heavy atom. The van der Waals surface area contributed by atoms with Gasteiger partial charge in [-0.15, -0.1) is 6.58 Å². The molecule has 0 nitrogen and oxygen atoms in total. The van der Waals surface area contributed by atoms with E-state index in [-0.39, 0.29) is 0 Å². The maximum Gasteiger partial charge on any atom is -0.0126 e. The van der Waals surface area contributed by atoms with E-state index in [0.717, 1.165) is 5.92 Å². The molecule has 0 heterocycles. The van der Waals surface area contributed by atoms with Gasteiger partial charge in [0.1, 0.15) is 0 Å². The predicted molar refractivity (Wildman–Crippen MR) is 48.1 cm³/mol. The third-order valence-electron chi connectivity index (χ3n) is 2.97. The second-order valence-corrected chi connectivity index (χ2v) is 3.37. The lowest BCUT2D eigenvalue weighted by atomic mass is 9.75. The molecular formula is C10H20. The summed E-state index contributed by atoms with van der Waals surface area (Å²) in [5.74, 6) is 0.759. The Kier molecular flexibility index (Phi) is 3.70. The van der Waals surface area contributed by atoms with Gasteiger partial charge in [0.25, 0.3) is 0 Å². The van der Waals surface area contributed by atoms with Gasteiger partial charge in [0.15, 0.2) is 0 Å². The summed E-state index contributed by atoms with van der Waals surface area (Å²) in [7, 11) is 0. The van der Waals surface area contributed by atoms with Crippen LogP contribution < -0.4 is 0 Å². The third-order valence-corrected chi connectivity index (χ3v) is 2.97. The molecule has 0 aromatic rings. The van der Waals surface area contributed by atoms with Crippen molar-refractivity contribution in [2.24, 2.45) is 11.3 Å². The average molecular weight is 140 g/mol. The molecule has 0 bridgehead atoms. The Hall–Kier alpha value is -0.260. The molecule has 0 amide bonds. The van der Waals surface area contributed by atoms with Gasteiger partial charge in [-0.25, -0.2) is 0 Å². The van der Waals surface area contributed by atoms with E-state index in [1.54, 1.807) is 0 Å². The molecule has 10 heavy (non-hydrogen) atoms. The lowest BCUT2D eigenvalue weighted by Crippen LogP contribution is -2.20. The van der Waals surface area contributed by atoms with Crippen molar-refractivity contribution in [3.63, 3.8) is 0 Å². The van der Waals surface area contributed by atoms with Gasteiger partial charge in [-0.3, -0.25) is 0 Å². The van der Waals surface area contributed by atoms with Crippen molar-refractivity contribution in [1.82, 2.24) is 0 Å². The van der Waals surface area contributed by atoms with Crippen molar-refractivity contribution in [3.05, 3.63) is 12.7 Å². The molecule has 0 fully saturated rings. The topological polar surface area (TPSA) is 0 Å². The van der Waals surface area contributed by atoms with Crippen LogP contribution in [0.1, 0.15) is 40.5 Å². The molecule has 0 aliphatic heterocycles. The molecule has 0 N–H and O–H groups in total. The standard InChI is InChI=1S/C10H20/c1-6-9(4)10(5,7-2)8-3/h7,9H,2,6,8H2,1,3-5H3. The highest BCUT2D eigenvalue weighted by molar-refractivity contribution is 4.93. The molecule has 2 unspecified atom stereocenters. The number of hydrogen-bond acceptors (Lipinski definition) is 0. The first-order chi connectivity index (χ1) is 4.60. The molecule has 0 rings (SSSR count). The van der Waals surface area contributed by atoms with E-state index in [0.29, 0.717) is 5.41 Å². The molecule has 0 aromatic carbocycles. The van der Waals surface area contributed by atoms with Crippen molar-refractivity contribution in [3.8, 4) is 0 Å². The molecule has 0 radical (unpaired) electrons. The van der Waals surface area contributed by atoms with Crippen LogP contribution >= 0.6 is 0 Å². The van der Waals surface area contributed by atoms with Gasteiger partial charge in [0, 0.05) is 0 Å². The lowest BCUT2D eigenvalue weighted by Gasteiger charge is -2.30. The van der Waals surface area contributed by atoms with Gasteiger partial charge < -0.3 is 0 Å². The molecule has 0 saturated heterocycles. The molecule has 2 atom stereocenters. The first-order valence-electron chi connectivity index (χ1n) is 4.24. The normalized spacial score (nSPS) is 19.6. The first-order valence-corrected chi connectivity index (χ1v) is 4.24. The largest absolute Gasteiger partial charge is 0.103 e. The minimum Gasteiger partial charge on any atom is -0.103 e. The van der Waals surface area contributed by atoms with Crippen molar-refractivity contribution >= 4 is 0 Å². The summed E-state index contributed by atoms with van der Waals surface area (Å²) in [4.78, 5) is 0. The predicted octanol–water partition coefficient (Wildman–Crippen LogP) is 3.63. The zero-order chi connectivity index (χ0) is 8.20. The van der Waals surface area contributed by atoms with E-state index in [9.17, 15) is 0 Å². The number of allylic oxidation sites excluding steroid dienone is 1. The highest BCUT2D eigenvalue weighted by Crippen LogP contribution is 2.33. The highest BCUT2D eigenvalue weighted by atomic mass is 14.3. The lowest BCUT2D eigenvalue weighted by molar-refractivity contribution is 0.259. The summed E-state index contributed by atoms with van der Waals surface area (Å²) in [5.41, 5.74) is 0.356. The van der Waals surface area contributed by atoms with Gasteiger partial charge in [0.2, 0.25) is 0 Å². The van der Waals surface area contributed by atoms with Crippen LogP contribution in [0.2, 0.25) is 0 Å². The van der Waals surface area contributed by atoms with Crippen LogP contribution in [0.5, 0.6) is 0 Å². The molecule has 0 aliphatic rings. The van der Waals surface area contributed by atoms with Crippen LogP contribution in [0.25, 0.3) is 0 Å². The van der Waals surface area contributed by atoms with Gasteiger partial charge in [-0.05, 0) is 17.8 Å². The average Bonchev–Trinajstić information content (AvgIpc) is 2.01. The summed E-state index contributed by atoms with van der Waals surface area (Å²) < 4.78 is 0. The van der Waals surface area contributed by atoms with Gasteiger partial charge in [0.05, 0.1) is 0 Å². The second-order valence-electron chi connectivity index (χ2n) is 3.37. The Morgan fingerprint density at radius 2 is 2.00 bits per heavy atom. The summed E-state index contributed by atoms with van der Waals surface area (Å²) in [6.45, 7) is 12.9. The summed E-state index contributed by atoms with van der Waals surface area (Å²) >= 11 is 0. The van der Waals surface area contributed by atoms with E-state index < -0.39 is 0 Å². The molecule has 0 aromatic heterocycles. The minimum absolute atomic E-state index is 0.356. The second kappa shape index (κ2) is 3.80. The smallest absolute Gasteiger partial charge is 0.0126 e. The van der Waals surface area contributed by atoms with Gasteiger partial charge in [-0.1, -0.05) is 40.2 Å². The molecule has 0 aliphatic carbocycles. The molecule has 60 valence electrons. The molecule has 0 saturated carbocycles. The van der Waals surface area contributed by atoms with E-state index in [2.05, 4.69) is 40.3 Å². The van der Waals surface area contributed by atoms with Gasteiger partial charge >= 0.3 is 0 Å². The fourth-order valence-electron chi connectivity index (χ4n) is 1.16. The Balaban J connectivity index is 4.16. The van der Waals surface area contributed by atoms with Crippen molar-refractivity contribution in [1.29, 1.82) is 0 Å². The van der Waals surface area contributed by atoms with E-state index in [1.165, 1.54) is 12.8 Å².